The Balaban J connectivity index is 3.07. The van der Waals surface area contributed by atoms with Crippen LogP contribution < -0.4 is 0 Å². The Kier molecular flexibility index (Phi) is 4.60. The molecule has 0 bridgehead atoms. The number of halogens is 2. The van der Waals surface area contributed by atoms with E-state index >= 15 is 0 Å². The molecule has 0 heterocycles. The lowest BCUT2D eigenvalue weighted by Crippen LogP contribution is -2.14. The van der Waals surface area contributed by atoms with Gasteiger partial charge in [0.05, 0.1) is 5.88 Å². The average Bonchev–Trinajstić information content (AvgIpc) is 2.30. The van der Waals surface area contributed by atoms with Gasteiger partial charge in [-0.3, -0.25) is 4.79 Å². The minimum atomic E-state index is -1.94. The Hall–Kier alpha value is -1.46. The van der Waals surface area contributed by atoms with Crippen molar-refractivity contribution in [3.63, 3.8) is 0 Å². The summed E-state index contributed by atoms with van der Waals surface area (Å²) in [6.07, 6.45) is -2.17. The van der Waals surface area contributed by atoms with Crippen LogP contribution in [0.3, 0.4) is 0 Å². The number of carboxylic acids is 1. The van der Waals surface area contributed by atoms with E-state index in [1.54, 1.807) is 0 Å². The molecule has 1 atom stereocenters. The molecule has 1 aromatic carbocycles. The molecular weight excluding hydrogens is 251 g/mol. The van der Waals surface area contributed by atoms with Gasteiger partial charge in [-0.15, -0.1) is 11.6 Å². The molecular formula is C11H10ClFO4. The third-order valence-corrected chi connectivity index (χ3v) is 2.47. The molecule has 0 radical (unpaired) electrons. The summed E-state index contributed by atoms with van der Waals surface area (Å²) in [4.78, 5) is 21.6. The highest BCUT2D eigenvalue weighted by Crippen LogP contribution is 2.20. The van der Waals surface area contributed by atoms with Gasteiger partial charge in [-0.1, -0.05) is 18.2 Å². The normalized spacial score (nSPS) is 12.2. The summed E-state index contributed by atoms with van der Waals surface area (Å²) in [6, 6.07) is 3.88. The van der Waals surface area contributed by atoms with E-state index in [1.165, 1.54) is 12.1 Å². The van der Waals surface area contributed by atoms with Crippen LogP contribution in [0.4, 0.5) is 4.39 Å². The first kappa shape index (κ1) is 13.6. The molecule has 4 nitrogen and oxygen atoms in total. The lowest BCUT2D eigenvalue weighted by atomic mass is 10.0. The summed E-state index contributed by atoms with van der Waals surface area (Å²) in [5, 5.41) is 17.8. The number of carbonyl (C=O) groups excluding carboxylic acids is 1. The largest absolute Gasteiger partial charge is 0.479 e. The molecule has 92 valence electrons. The summed E-state index contributed by atoms with van der Waals surface area (Å²) in [5.74, 6) is -3.07. The number of rotatable bonds is 5. The van der Waals surface area contributed by atoms with E-state index in [0.717, 1.165) is 6.07 Å². The highest BCUT2D eigenvalue weighted by molar-refractivity contribution is 6.27. The van der Waals surface area contributed by atoms with E-state index in [4.69, 9.17) is 16.7 Å². The zero-order chi connectivity index (χ0) is 13.0. The average molecular weight is 261 g/mol. The Labute approximate surface area is 102 Å². The second kappa shape index (κ2) is 5.75. The van der Waals surface area contributed by atoms with E-state index in [1.807, 2.05) is 0 Å². The van der Waals surface area contributed by atoms with E-state index in [-0.39, 0.29) is 29.2 Å². The van der Waals surface area contributed by atoms with Gasteiger partial charge < -0.3 is 10.2 Å². The Morgan fingerprint density at radius 1 is 1.41 bits per heavy atom. The van der Waals surface area contributed by atoms with Crippen molar-refractivity contribution in [2.45, 2.75) is 12.5 Å². The van der Waals surface area contributed by atoms with E-state index in [0.29, 0.717) is 0 Å². The molecule has 1 rings (SSSR count). The Bertz CT molecular complexity index is 447. The van der Waals surface area contributed by atoms with Gasteiger partial charge >= 0.3 is 5.97 Å². The van der Waals surface area contributed by atoms with Gasteiger partial charge in [0.25, 0.3) is 0 Å². The molecule has 2 N–H and O–H groups in total. The number of aliphatic hydroxyl groups is 1. The molecule has 0 fully saturated rings. The molecule has 0 saturated carbocycles. The lowest BCUT2D eigenvalue weighted by molar-refractivity contribution is -0.147. The zero-order valence-electron chi connectivity index (χ0n) is 8.69. The van der Waals surface area contributed by atoms with Crippen LogP contribution in [-0.2, 0) is 16.0 Å². The highest BCUT2D eigenvalue weighted by Gasteiger charge is 2.22. The second-order valence-corrected chi connectivity index (χ2v) is 3.68. The number of carboxylic acid groups (broad SMARTS) is 1. The molecule has 17 heavy (non-hydrogen) atoms. The predicted molar refractivity (Wildman–Crippen MR) is 58.4 cm³/mol. The van der Waals surface area contributed by atoms with Crippen molar-refractivity contribution < 1.29 is 24.2 Å². The van der Waals surface area contributed by atoms with Crippen LogP contribution in [0, 0.1) is 5.82 Å². The van der Waals surface area contributed by atoms with Crippen molar-refractivity contribution in [2.75, 3.05) is 5.88 Å². The topological polar surface area (TPSA) is 74.6 Å². The van der Waals surface area contributed by atoms with E-state index < -0.39 is 17.9 Å². The third-order valence-electron chi connectivity index (χ3n) is 2.17. The minimum Gasteiger partial charge on any atom is -0.479 e. The number of alkyl halides is 1. The highest BCUT2D eigenvalue weighted by atomic mass is 35.5. The van der Waals surface area contributed by atoms with Crippen molar-refractivity contribution in [1.82, 2.24) is 0 Å². The SMILES string of the molecule is O=C(CCl)Cc1cccc(C(O)C(=O)O)c1F. The van der Waals surface area contributed by atoms with Gasteiger partial charge in [-0.05, 0) is 5.56 Å². The number of Topliss-reactive ketones (excluding diaryl/α,β-unsaturated/α-hetero) is 1. The number of aliphatic carboxylic acids is 1. The van der Waals surface area contributed by atoms with Crippen LogP contribution in [-0.4, -0.2) is 27.8 Å². The van der Waals surface area contributed by atoms with Crippen LogP contribution in [0.25, 0.3) is 0 Å². The van der Waals surface area contributed by atoms with Gasteiger partial charge in [-0.25, -0.2) is 9.18 Å². The molecule has 0 aromatic heterocycles. The van der Waals surface area contributed by atoms with Crippen LogP contribution in [0.2, 0.25) is 0 Å². The minimum absolute atomic E-state index is 0.0217. The maximum Gasteiger partial charge on any atom is 0.337 e. The van der Waals surface area contributed by atoms with E-state index in [9.17, 15) is 19.1 Å². The molecule has 0 amide bonds. The van der Waals surface area contributed by atoms with Crippen LogP contribution >= 0.6 is 11.6 Å². The number of ketones is 1. The van der Waals surface area contributed by atoms with Gasteiger partial charge in [0.1, 0.15) is 5.82 Å². The van der Waals surface area contributed by atoms with Crippen molar-refractivity contribution >= 4 is 23.4 Å². The first-order chi connectivity index (χ1) is 7.97. The van der Waals surface area contributed by atoms with Crippen LogP contribution in [0.15, 0.2) is 18.2 Å². The maximum absolute atomic E-state index is 13.8. The summed E-state index contributed by atoms with van der Waals surface area (Å²) in [7, 11) is 0. The second-order valence-electron chi connectivity index (χ2n) is 3.41. The molecule has 0 aliphatic rings. The maximum atomic E-state index is 13.8. The fourth-order valence-electron chi connectivity index (χ4n) is 1.34. The van der Waals surface area contributed by atoms with Crippen molar-refractivity contribution in [2.24, 2.45) is 0 Å². The van der Waals surface area contributed by atoms with Crippen LogP contribution in [0.5, 0.6) is 0 Å². The molecule has 0 aliphatic heterocycles. The number of hydrogen-bond acceptors (Lipinski definition) is 3. The van der Waals surface area contributed by atoms with Crippen molar-refractivity contribution in [1.29, 1.82) is 0 Å². The smallest absolute Gasteiger partial charge is 0.337 e. The molecule has 0 saturated heterocycles. The number of aliphatic hydroxyl groups excluding tert-OH is 1. The zero-order valence-corrected chi connectivity index (χ0v) is 9.45. The van der Waals surface area contributed by atoms with Gasteiger partial charge in [0.2, 0.25) is 0 Å². The number of hydrogen-bond donors (Lipinski definition) is 2. The molecule has 0 spiro atoms. The van der Waals surface area contributed by atoms with Crippen LogP contribution in [0.1, 0.15) is 17.2 Å². The quantitative estimate of drug-likeness (QED) is 0.783. The molecule has 1 unspecified atom stereocenters. The number of carbonyl (C=O) groups is 2. The predicted octanol–water partition coefficient (Wildman–Crippen LogP) is 1.29. The first-order valence-corrected chi connectivity index (χ1v) is 5.26. The molecule has 6 heteroatoms. The van der Waals surface area contributed by atoms with Gasteiger partial charge in [0.15, 0.2) is 11.9 Å². The fraction of sp³-hybridized carbons (Fsp3) is 0.273. The summed E-state index contributed by atoms with van der Waals surface area (Å²) in [5.41, 5.74) is -0.342. The fourth-order valence-corrected chi connectivity index (χ4v) is 1.43. The Morgan fingerprint density at radius 2 is 2.06 bits per heavy atom. The monoisotopic (exact) mass is 260 g/mol. The van der Waals surface area contributed by atoms with E-state index in [2.05, 4.69) is 0 Å². The van der Waals surface area contributed by atoms with Crippen molar-refractivity contribution in [3.05, 3.63) is 35.1 Å². The lowest BCUT2D eigenvalue weighted by Gasteiger charge is -2.10. The summed E-state index contributed by atoms with van der Waals surface area (Å²) in [6.45, 7) is 0. The summed E-state index contributed by atoms with van der Waals surface area (Å²) < 4.78 is 13.8. The Morgan fingerprint density at radius 3 is 2.59 bits per heavy atom. The van der Waals surface area contributed by atoms with Gasteiger partial charge in [0, 0.05) is 12.0 Å². The first-order valence-electron chi connectivity index (χ1n) is 4.73. The van der Waals surface area contributed by atoms with Gasteiger partial charge in [-0.2, -0.15) is 0 Å². The summed E-state index contributed by atoms with van der Waals surface area (Å²) >= 11 is 5.29. The molecule has 0 aliphatic carbocycles. The third kappa shape index (κ3) is 3.25. The van der Waals surface area contributed by atoms with Crippen molar-refractivity contribution in [3.8, 4) is 0 Å². The standard InChI is InChI=1S/C11H10ClFO4/c12-5-7(14)4-6-2-1-3-8(9(6)13)10(15)11(16)17/h1-3,10,15H,4-5H2,(H,16,17). The number of benzene rings is 1. The molecule has 1 aromatic rings.